The molecule has 1 heterocycles. The fraction of sp³-hybridized carbons (Fsp3) is 0.176. The van der Waals surface area contributed by atoms with Gasteiger partial charge in [-0.25, -0.2) is 8.78 Å². The summed E-state index contributed by atoms with van der Waals surface area (Å²) >= 11 is 1.45. The Kier molecular flexibility index (Phi) is 4.80. The van der Waals surface area contributed by atoms with Crippen LogP contribution in [0.25, 0.3) is 11.4 Å². The molecule has 1 aromatic heterocycles. The molecule has 124 valence electrons. The van der Waals surface area contributed by atoms with Crippen molar-refractivity contribution in [3.8, 4) is 17.1 Å². The summed E-state index contributed by atoms with van der Waals surface area (Å²) in [4.78, 5) is 0. The Labute approximate surface area is 142 Å². The van der Waals surface area contributed by atoms with Crippen molar-refractivity contribution in [1.29, 1.82) is 0 Å². The van der Waals surface area contributed by atoms with Crippen LogP contribution in [0.2, 0.25) is 0 Å². The maximum atomic E-state index is 13.7. The summed E-state index contributed by atoms with van der Waals surface area (Å²) in [6.07, 6.45) is 0. The normalized spacial score (nSPS) is 10.8. The third-order valence-electron chi connectivity index (χ3n) is 3.52. The zero-order valence-corrected chi connectivity index (χ0v) is 14.0. The largest absolute Gasteiger partial charge is 0.494 e. The SMILES string of the molecule is COc1ccc(CSc2nnc(-c3ccc(F)cc3)n2C)cc1F. The highest BCUT2D eigenvalue weighted by Crippen LogP contribution is 2.27. The summed E-state index contributed by atoms with van der Waals surface area (Å²) in [5, 5.41) is 9.00. The second-order valence-electron chi connectivity index (χ2n) is 5.13. The quantitative estimate of drug-likeness (QED) is 0.653. The predicted molar refractivity (Wildman–Crippen MR) is 88.9 cm³/mol. The van der Waals surface area contributed by atoms with Crippen LogP contribution in [0.15, 0.2) is 47.6 Å². The van der Waals surface area contributed by atoms with Gasteiger partial charge in [-0.15, -0.1) is 10.2 Å². The molecule has 4 nitrogen and oxygen atoms in total. The number of hydrogen-bond acceptors (Lipinski definition) is 4. The van der Waals surface area contributed by atoms with Gasteiger partial charge in [-0.3, -0.25) is 0 Å². The second-order valence-corrected chi connectivity index (χ2v) is 6.07. The molecule has 0 spiro atoms. The van der Waals surface area contributed by atoms with Crippen LogP contribution < -0.4 is 4.74 Å². The number of benzene rings is 2. The molecule has 7 heteroatoms. The van der Waals surface area contributed by atoms with Crippen molar-refractivity contribution in [3.05, 3.63) is 59.7 Å². The Hall–Kier alpha value is -2.41. The fourth-order valence-electron chi connectivity index (χ4n) is 2.24. The Morgan fingerprint density at radius 1 is 1.08 bits per heavy atom. The number of hydrogen-bond donors (Lipinski definition) is 0. The molecule has 0 aliphatic rings. The van der Waals surface area contributed by atoms with Gasteiger partial charge in [0.15, 0.2) is 22.5 Å². The summed E-state index contributed by atoms with van der Waals surface area (Å²) in [5.74, 6) is 0.744. The first kappa shape index (κ1) is 16.4. The molecule has 0 N–H and O–H groups in total. The molecule has 0 radical (unpaired) electrons. The summed E-state index contributed by atoms with van der Waals surface area (Å²) in [5.41, 5.74) is 1.61. The molecule has 0 fully saturated rings. The number of thioether (sulfide) groups is 1. The lowest BCUT2D eigenvalue weighted by Gasteiger charge is -2.06. The lowest BCUT2D eigenvalue weighted by Crippen LogP contribution is -1.95. The number of halogens is 2. The van der Waals surface area contributed by atoms with Gasteiger partial charge in [0.25, 0.3) is 0 Å². The van der Waals surface area contributed by atoms with E-state index in [1.807, 2.05) is 17.7 Å². The van der Waals surface area contributed by atoms with Crippen LogP contribution in [0.1, 0.15) is 5.56 Å². The first-order chi connectivity index (χ1) is 11.6. The lowest BCUT2D eigenvalue weighted by atomic mass is 10.2. The van der Waals surface area contributed by atoms with E-state index in [4.69, 9.17) is 4.74 Å². The molecule has 3 rings (SSSR count). The Bertz CT molecular complexity index is 850. The first-order valence-electron chi connectivity index (χ1n) is 7.19. The van der Waals surface area contributed by atoms with Gasteiger partial charge in [0.2, 0.25) is 0 Å². The van der Waals surface area contributed by atoms with E-state index in [-0.39, 0.29) is 17.4 Å². The van der Waals surface area contributed by atoms with Crippen molar-refractivity contribution in [1.82, 2.24) is 14.8 Å². The maximum Gasteiger partial charge on any atom is 0.191 e. The smallest absolute Gasteiger partial charge is 0.191 e. The molecule has 3 aromatic rings. The highest BCUT2D eigenvalue weighted by atomic mass is 32.2. The summed E-state index contributed by atoms with van der Waals surface area (Å²) in [6, 6.07) is 11.0. The third kappa shape index (κ3) is 3.41. The standard InChI is InChI=1S/C17H15F2N3OS/c1-22-16(12-4-6-13(18)7-5-12)20-21-17(22)24-10-11-3-8-15(23-2)14(19)9-11/h3-9H,10H2,1-2H3. The number of rotatable bonds is 5. The van der Waals surface area contributed by atoms with Gasteiger partial charge >= 0.3 is 0 Å². The van der Waals surface area contributed by atoms with Gasteiger partial charge in [0, 0.05) is 18.4 Å². The van der Waals surface area contributed by atoms with Gasteiger partial charge < -0.3 is 9.30 Å². The summed E-state index contributed by atoms with van der Waals surface area (Å²) in [7, 11) is 3.28. The predicted octanol–water partition coefficient (Wildman–Crippen LogP) is 4.06. The van der Waals surface area contributed by atoms with Crippen LogP contribution in [-0.2, 0) is 12.8 Å². The van der Waals surface area contributed by atoms with E-state index >= 15 is 0 Å². The van der Waals surface area contributed by atoms with Gasteiger partial charge in [-0.2, -0.15) is 0 Å². The van der Waals surface area contributed by atoms with Crippen LogP contribution in [0, 0.1) is 11.6 Å². The molecule has 0 saturated carbocycles. The molecular formula is C17H15F2N3OS. The highest BCUT2D eigenvalue weighted by Gasteiger charge is 2.12. The van der Waals surface area contributed by atoms with Crippen molar-refractivity contribution in [2.24, 2.45) is 7.05 Å². The maximum absolute atomic E-state index is 13.7. The lowest BCUT2D eigenvalue weighted by molar-refractivity contribution is 0.386. The van der Waals surface area contributed by atoms with Gasteiger partial charge in [-0.05, 0) is 42.0 Å². The molecule has 0 aliphatic heterocycles. The molecule has 2 aromatic carbocycles. The molecule has 24 heavy (non-hydrogen) atoms. The highest BCUT2D eigenvalue weighted by molar-refractivity contribution is 7.98. The van der Waals surface area contributed by atoms with Gasteiger partial charge in [0.05, 0.1) is 7.11 Å². The minimum absolute atomic E-state index is 0.223. The molecule has 0 saturated heterocycles. The second kappa shape index (κ2) is 7.00. The van der Waals surface area contributed by atoms with Crippen LogP contribution >= 0.6 is 11.8 Å². The zero-order valence-electron chi connectivity index (χ0n) is 13.2. The molecule has 0 atom stereocenters. The van der Waals surface area contributed by atoms with Crippen LogP contribution in [-0.4, -0.2) is 21.9 Å². The van der Waals surface area contributed by atoms with Crippen molar-refractivity contribution in [2.45, 2.75) is 10.9 Å². The number of ether oxygens (including phenoxy) is 1. The van der Waals surface area contributed by atoms with Crippen LogP contribution in [0.3, 0.4) is 0 Å². The molecule has 0 aliphatic carbocycles. The minimum atomic E-state index is -0.388. The van der Waals surface area contributed by atoms with E-state index in [1.165, 1.54) is 37.1 Å². The summed E-state index contributed by atoms with van der Waals surface area (Å²) < 4.78 is 33.5. The van der Waals surface area contributed by atoms with Crippen LogP contribution in [0.4, 0.5) is 8.78 Å². The van der Waals surface area contributed by atoms with E-state index in [2.05, 4.69) is 10.2 Å². The van der Waals surface area contributed by atoms with Crippen molar-refractivity contribution in [3.63, 3.8) is 0 Å². The Morgan fingerprint density at radius 3 is 2.50 bits per heavy atom. The third-order valence-corrected chi connectivity index (χ3v) is 4.61. The minimum Gasteiger partial charge on any atom is -0.494 e. The zero-order chi connectivity index (χ0) is 17.1. The average Bonchev–Trinajstić information content (AvgIpc) is 2.95. The number of nitrogens with zero attached hydrogens (tertiary/aromatic N) is 3. The van der Waals surface area contributed by atoms with Gasteiger partial charge in [0.1, 0.15) is 5.82 Å². The average molecular weight is 347 g/mol. The van der Waals surface area contributed by atoms with Gasteiger partial charge in [-0.1, -0.05) is 17.8 Å². The Morgan fingerprint density at radius 2 is 1.83 bits per heavy atom. The molecule has 0 unspecified atom stereocenters. The van der Waals surface area contributed by atoms with Crippen LogP contribution in [0.5, 0.6) is 5.75 Å². The fourth-order valence-corrected chi connectivity index (χ4v) is 3.09. The molecular weight excluding hydrogens is 332 g/mol. The number of aromatic nitrogens is 3. The Balaban J connectivity index is 1.75. The topological polar surface area (TPSA) is 39.9 Å². The first-order valence-corrected chi connectivity index (χ1v) is 8.17. The van der Waals surface area contributed by atoms with E-state index in [1.54, 1.807) is 18.2 Å². The van der Waals surface area contributed by atoms with E-state index in [0.29, 0.717) is 16.7 Å². The molecule has 0 amide bonds. The van der Waals surface area contributed by atoms with Crippen molar-refractivity contribution < 1.29 is 13.5 Å². The number of methoxy groups -OCH3 is 1. The molecule has 0 bridgehead atoms. The summed E-state index contributed by atoms with van der Waals surface area (Å²) in [6.45, 7) is 0. The van der Waals surface area contributed by atoms with E-state index in [0.717, 1.165) is 11.1 Å². The van der Waals surface area contributed by atoms with E-state index in [9.17, 15) is 8.78 Å². The monoisotopic (exact) mass is 347 g/mol. The van der Waals surface area contributed by atoms with Crippen molar-refractivity contribution in [2.75, 3.05) is 7.11 Å². The van der Waals surface area contributed by atoms with E-state index < -0.39 is 0 Å². The van der Waals surface area contributed by atoms with Crippen molar-refractivity contribution >= 4 is 11.8 Å².